The number of halogens is 1. The van der Waals surface area contributed by atoms with Crippen molar-refractivity contribution in [2.45, 2.75) is 12.8 Å². The van der Waals surface area contributed by atoms with Gasteiger partial charge in [-0.15, -0.1) is 0 Å². The van der Waals surface area contributed by atoms with E-state index in [1.807, 2.05) is 24.3 Å². The summed E-state index contributed by atoms with van der Waals surface area (Å²) in [6.07, 6.45) is 0.720. The van der Waals surface area contributed by atoms with E-state index >= 15 is 0 Å². The molecule has 0 aliphatic rings. The van der Waals surface area contributed by atoms with Gasteiger partial charge in [-0.05, 0) is 42.2 Å². The molecule has 2 rings (SSSR count). The van der Waals surface area contributed by atoms with Crippen LogP contribution in [-0.4, -0.2) is 27.8 Å². The molecular formula is C17H20FNO3S. The van der Waals surface area contributed by atoms with Crippen molar-refractivity contribution in [2.75, 3.05) is 19.4 Å². The van der Waals surface area contributed by atoms with Crippen LogP contribution in [0.3, 0.4) is 0 Å². The monoisotopic (exact) mass is 337 g/mol. The van der Waals surface area contributed by atoms with E-state index in [4.69, 9.17) is 4.74 Å². The zero-order valence-corrected chi connectivity index (χ0v) is 13.8. The molecule has 2 aromatic carbocycles. The number of methoxy groups -OCH3 is 1. The number of sulfonamides is 1. The third-order valence-electron chi connectivity index (χ3n) is 3.47. The van der Waals surface area contributed by atoms with E-state index in [0.29, 0.717) is 18.5 Å². The Bertz CT molecular complexity index is 747. The summed E-state index contributed by atoms with van der Waals surface area (Å²) in [6.45, 7) is 0.298. The fraction of sp³-hybridized carbons (Fsp3) is 0.294. The third kappa shape index (κ3) is 5.65. The molecule has 0 aliphatic carbocycles. The Balaban J connectivity index is 1.83. The Morgan fingerprint density at radius 2 is 1.87 bits per heavy atom. The smallest absolute Gasteiger partial charge is 0.211 e. The summed E-state index contributed by atoms with van der Waals surface area (Å²) in [5.74, 6) is 0.232. The van der Waals surface area contributed by atoms with Crippen molar-refractivity contribution in [3.05, 3.63) is 65.5 Å². The van der Waals surface area contributed by atoms with Crippen LogP contribution in [0.5, 0.6) is 5.75 Å². The molecule has 0 aliphatic heterocycles. The van der Waals surface area contributed by atoms with Crippen molar-refractivity contribution in [3.8, 4) is 5.75 Å². The molecule has 23 heavy (non-hydrogen) atoms. The van der Waals surface area contributed by atoms with Gasteiger partial charge in [-0.25, -0.2) is 17.5 Å². The summed E-state index contributed by atoms with van der Waals surface area (Å²) in [7, 11) is -1.84. The molecule has 1 N–H and O–H groups in total. The van der Waals surface area contributed by atoms with E-state index in [1.165, 1.54) is 6.07 Å². The highest BCUT2D eigenvalue weighted by Crippen LogP contribution is 2.13. The van der Waals surface area contributed by atoms with Gasteiger partial charge in [0.25, 0.3) is 0 Å². The molecule has 0 saturated heterocycles. The first kappa shape index (κ1) is 17.4. The fourth-order valence-electron chi connectivity index (χ4n) is 2.20. The second-order valence-corrected chi connectivity index (χ2v) is 7.08. The summed E-state index contributed by atoms with van der Waals surface area (Å²) in [6, 6.07) is 13.7. The number of rotatable bonds is 8. The Morgan fingerprint density at radius 3 is 2.61 bits per heavy atom. The predicted molar refractivity (Wildman–Crippen MR) is 88.6 cm³/mol. The molecule has 4 nitrogen and oxygen atoms in total. The zero-order valence-electron chi connectivity index (χ0n) is 13.0. The van der Waals surface area contributed by atoms with Gasteiger partial charge in [0.2, 0.25) is 10.0 Å². The average Bonchev–Trinajstić information content (AvgIpc) is 2.54. The molecule has 6 heteroatoms. The van der Waals surface area contributed by atoms with Crippen molar-refractivity contribution in [1.82, 2.24) is 4.72 Å². The van der Waals surface area contributed by atoms with Crippen LogP contribution in [0.2, 0.25) is 0 Å². The molecule has 0 fully saturated rings. The van der Waals surface area contributed by atoms with Gasteiger partial charge in [-0.1, -0.05) is 30.3 Å². The van der Waals surface area contributed by atoms with Crippen LogP contribution in [0, 0.1) is 5.82 Å². The Labute approximate surface area is 136 Å². The van der Waals surface area contributed by atoms with E-state index in [1.54, 1.807) is 25.3 Å². The van der Waals surface area contributed by atoms with Crippen LogP contribution in [0.1, 0.15) is 11.1 Å². The van der Waals surface area contributed by atoms with Gasteiger partial charge in [0.05, 0.1) is 12.9 Å². The lowest BCUT2D eigenvalue weighted by Gasteiger charge is -2.08. The lowest BCUT2D eigenvalue weighted by molar-refractivity contribution is 0.414. The third-order valence-corrected chi connectivity index (χ3v) is 4.85. The fourth-order valence-corrected chi connectivity index (χ4v) is 3.24. The van der Waals surface area contributed by atoms with E-state index in [0.717, 1.165) is 11.3 Å². The minimum atomic E-state index is -3.43. The topological polar surface area (TPSA) is 55.4 Å². The predicted octanol–water partition coefficient (Wildman–Crippen LogP) is 2.54. The normalized spacial score (nSPS) is 11.4. The van der Waals surface area contributed by atoms with Gasteiger partial charge >= 0.3 is 0 Å². The highest BCUT2D eigenvalue weighted by Gasteiger charge is 2.11. The summed E-state index contributed by atoms with van der Waals surface area (Å²) in [5.41, 5.74) is 1.40. The maximum Gasteiger partial charge on any atom is 0.211 e. The Morgan fingerprint density at radius 1 is 1.09 bits per heavy atom. The SMILES string of the molecule is COc1cccc(CCNS(=O)(=O)CCc2ccccc2F)c1. The standard InChI is InChI=1S/C17H20FNO3S/c1-22-16-7-4-5-14(13-16)9-11-19-23(20,21)12-10-15-6-2-3-8-17(15)18/h2-8,13,19H,9-12H2,1H3. The van der Waals surface area contributed by atoms with E-state index in [-0.39, 0.29) is 18.0 Å². The highest BCUT2D eigenvalue weighted by atomic mass is 32.2. The Hall–Kier alpha value is -1.92. The first-order valence-electron chi connectivity index (χ1n) is 7.34. The van der Waals surface area contributed by atoms with Crippen molar-refractivity contribution < 1.29 is 17.5 Å². The number of benzene rings is 2. The van der Waals surface area contributed by atoms with Crippen LogP contribution < -0.4 is 9.46 Å². The minimum absolute atomic E-state index is 0.133. The Kier molecular flexibility index (Phi) is 6.12. The molecule has 0 saturated carbocycles. The molecule has 0 spiro atoms. The number of hydrogen-bond acceptors (Lipinski definition) is 3. The van der Waals surface area contributed by atoms with Crippen molar-refractivity contribution >= 4 is 10.0 Å². The van der Waals surface area contributed by atoms with Gasteiger partial charge in [-0.2, -0.15) is 0 Å². The molecule has 124 valence electrons. The molecular weight excluding hydrogens is 317 g/mol. The van der Waals surface area contributed by atoms with Crippen LogP contribution >= 0.6 is 0 Å². The van der Waals surface area contributed by atoms with E-state index in [2.05, 4.69) is 4.72 Å². The van der Waals surface area contributed by atoms with Gasteiger partial charge in [0, 0.05) is 6.54 Å². The van der Waals surface area contributed by atoms with Crippen molar-refractivity contribution in [1.29, 1.82) is 0 Å². The van der Waals surface area contributed by atoms with Crippen molar-refractivity contribution in [3.63, 3.8) is 0 Å². The second-order valence-electron chi connectivity index (χ2n) is 5.16. The first-order chi connectivity index (χ1) is 11.0. The quantitative estimate of drug-likeness (QED) is 0.805. The number of ether oxygens (including phenoxy) is 1. The van der Waals surface area contributed by atoms with Crippen molar-refractivity contribution in [2.24, 2.45) is 0 Å². The zero-order chi connectivity index (χ0) is 16.7. The van der Waals surface area contributed by atoms with Gasteiger partial charge < -0.3 is 4.74 Å². The lowest BCUT2D eigenvalue weighted by Crippen LogP contribution is -2.29. The van der Waals surface area contributed by atoms with Gasteiger partial charge in [0.1, 0.15) is 11.6 Å². The highest BCUT2D eigenvalue weighted by molar-refractivity contribution is 7.89. The maximum atomic E-state index is 13.5. The molecule has 0 unspecified atom stereocenters. The summed E-state index contributed by atoms with van der Waals surface area (Å²) in [5, 5.41) is 0. The minimum Gasteiger partial charge on any atom is -0.497 e. The van der Waals surface area contributed by atoms with Gasteiger partial charge in [0.15, 0.2) is 0 Å². The van der Waals surface area contributed by atoms with E-state index in [9.17, 15) is 12.8 Å². The van der Waals surface area contributed by atoms with Crippen LogP contribution in [0.4, 0.5) is 4.39 Å². The molecule has 0 bridgehead atoms. The molecule has 0 radical (unpaired) electrons. The second kappa shape index (κ2) is 8.08. The largest absolute Gasteiger partial charge is 0.497 e. The van der Waals surface area contributed by atoms with Crippen LogP contribution in [-0.2, 0) is 22.9 Å². The summed E-state index contributed by atoms with van der Waals surface area (Å²) >= 11 is 0. The first-order valence-corrected chi connectivity index (χ1v) is 8.99. The lowest BCUT2D eigenvalue weighted by atomic mass is 10.1. The number of nitrogens with one attached hydrogen (secondary N) is 1. The molecule has 2 aromatic rings. The summed E-state index contributed by atoms with van der Waals surface area (Å²) in [4.78, 5) is 0. The average molecular weight is 337 g/mol. The number of aryl methyl sites for hydroxylation is 1. The summed E-state index contributed by atoms with van der Waals surface area (Å²) < 4.78 is 45.1. The molecule has 0 heterocycles. The molecule has 0 aromatic heterocycles. The van der Waals surface area contributed by atoms with E-state index < -0.39 is 10.0 Å². The molecule has 0 amide bonds. The van der Waals surface area contributed by atoms with Crippen LogP contribution in [0.25, 0.3) is 0 Å². The molecule has 0 atom stereocenters. The maximum absolute atomic E-state index is 13.5. The van der Waals surface area contributed by atoms with Crippen LogP contribution in [0.15, 0.2) is 48.5 Å². The number of hydrogen-bond donors (Lipinski definition) is 1. The van der Waals surface area contributed by atoms with Gasteiger partial charge in [-0.3, -0.25) is 0 Å².